The average molecular weight is 492 g/mol. The molecule has 1 fully saturated rings. The zero-order valence-corrected chi connectivity index (χ0v) is 19.1. The molecule has 0 saturated carbocycles. The highest BCUT2D eigenvalue weighted by Crippen LogP contribution is 2.32. The number of nitrogens with zero attached hydrogens (tertiary/aromatic N) is 1. The van der Waals surface area contributed by atoms with E-state index in [2.05, 4.69) is 10.6 Å². The van der Waals surface area contributed by atoms with Gasteiger partial charge in [-0.2, -0.15) is 0 Å². The van der Waals surface area contributed by atoms with E-state index in [1.807, 2.05) is 0 Å². The Hall–Kier alpha value is -2.94. The minimum absolute atomic E-state index is 0.00836. The molecule has 0 aliphatic carbocycles. The SMILES string of the molecule is Cc1ccc(C(=O)NCC2CCCO2)cc1NC1=C(Cl)C(=O)N(c2ccc(F)c(Cl)c2)C1=O. The molecular weight excluding hydrogens is 472 g/mol. The normalized spacial score (nSPS) is 18.3. The van der Waals surface area contributed by atoms with Gasteiger partial charge in [0, 0.05) is 24.4 Å². The quantitative estimate of drug-likeness (QED) is 0.593. The molecule has 1 atom stereocenters. The molecule has 172 valence electrons. The lowest BCUT2D eigenvalue weighted by molar-refractivity contribution is -0.120. The summed E-state index contributed by atoms with van der Waals surface area (Å²) in [5.41, 5.74) is 1.48. The second-order valence-electron chi connectivity index (χ2n) is 7.73. The van der Waals surface area contributed by atoms with Crippen molar-refractivity contribution in [1.29, 1.82) is 0 Å². The van der Waals surface area contributed by atoms with Gasteiger partial charge in [0.15, 0.2) is 0 Å². The fraction of sp³-hybridized carbons (Fsp3) is 0.261. The molecule has 0 spiro atoms. The number of anilines is 2. The average Bonchev–Trinajstić information content (AvgIpc) is 3.38. The van der Waals surface area contributed by atoms with E-state index in [-0.39, 0.29) is 33.5 Å². The van der Waals surface area contributed by atoms with Gasteiger partial charge in [0.05, 0.1) is 16.8 Å². The summed E-state index contributed by atoms with van der Waals surface area (Å²) in [7, 11) is 0. The molecule has 1 unspecified atom stereocenters. The number of carbonyl (C=O) groups excluding carboxylic acids is 3. The Bertz CT molecular complexity index is 1180. The number of hydrogen-bond acceptors (Lipinski definition) is 5. The fourth-order valence-corrected chi connectivity index (χ4v) is 4.00. The van der Waals surface area contributed by atoms with E-state index in [4.69, 9.17) is 27.9 Å². The summed E-state index contributed by atoms with van der Waals surface area (Å²) >= 11 is 12.0. The Morgan fingerprint density at radius 1 is 1.18 bits per heavy atom. The maximum absolute atomic E-state index is 13.5. The second-order valence-corrected chi connectivity index (χ2v) is 8.52. The number of amides is 3. The first-order valence-corrected chi connectivity index (χ1v) is 11.0. The molecule has 2 N–H and O–H groups in total. The van der Waals surface area contributed by atoms with Crippen molar-refractivity contribution in [3.63, 3.8) is 0 Å². The Morgan fingerprint density at radius 2 is 1.97 bits per heavy atom. The highest BCUT2D eigenvalue weighted by atomic mass is 35.5. The monoisotopic (exact) mass is 491 g/mol. The number of imide groups is 1. The molecule has 2 aliphatic rings. The van der Waals surface area contributed by atoms with Crippen LogP contribution in [0.2, 0.25) is 5.02 Å². The van der Waals surface area contributed by atoms with Crippen LogP contribution in [0.15, 0.2) is 47.1 Å². The fourth-order valence-electron chi connectivity index (χ4n) is 3.62. The van der Waals surface area contributed by atoms with Gasteiger partial charge in [0.25, 0.3) is 17.7 Å². The van der Waals surface area contributed by atoms with Crippen molar-refractivity contribution in [3.8, 4) is 0 Å². The maximum atomic E-state index is 13.5. The van der Waals surface area contributed by atoms with Gasteiger partial charge in [-0.3, -0.25) is 14.4 Å². The van der Waals surface area contributed by atoms with Gasteiger partial charge in [-0.05, 0) is 55.7 Å². The predicted molar refractivity (Wildman–Crippen MR) is 123 cm³/mol. The smallest absolute Gasteiger partial charge is 0.283 e. The molecule has 3 amide bonds. The molecule has 2 aliphatic heterocycles. The van der Waals surface area contributed by atoms with Gasteiger partial charge in [-0.25, -0.2) is 9.29 Å². The predicted octanol–water partition coefficient (Wildman–Crippen LogP) is 4.13. The summed E-state index contributed by atoms with van der Waals surface area (Å²) in [6.07, 6.45) is 1.89. The number of aryl methyl sites for hydroxylation is 1. The van der Waals surface area contributed by atoms with Crippen molar-refractivity contribution in [2.45, 2.75) is 25.9 Å². The molecule has 1 saturated heterocycles. The number of carbonyl (C=O) groups is 3. The number of halogens is 3. The van der Waals surface area contributed by atoms with Crippen LogP contribution in [-0.4, -0.2) is 37.0 Å². The summed E-state index contributed by atoms with van der Waals surface area (Å²) < 4.78 is 19.0. The van der Waals surface area contributed by atoms with Gasteiger partial charge in [0.2, 0.25) is 0 Å². The summed E-state index contributed by atoms with van der Waals surface area (Å²) in [4.78, 5) is 39.0. The number of nitrogens with one attached hydrogen (secondary N) is 2. The molecule has 0 bridgehead atoms. The van der Waals surface area contributed by atoms with Gasteiger partial charge >= 0.3 is 0 Å². The van der Waals surface area contributed by atoms with Crippen LogP contribution in [0.3, 0.4) is 0 Å². The summed E-state index contributed by atoms with van der Waals surface area (Å²) in [5.74, 6) is -2.46. The molecule has 4 rings (SSSR count). The lowest BCUT2D eigenvalue weighted by atomic mass is 10.1. The number of hydrogen-bond donors (Lipinski definition) is 2. The number of ether oxygens (including phenoxy) is 1. The minimum Gasteiger partial charge on any atom is -0.376 e. The van der Waals surface area contributed by atoms with E-state index in [9.17, 15) is 18.8 Å². The first-order valence-electron chi connectivity index (χ1n) is 10.3. The number of rotatable bonds is 6. The van der Waals surface area contributed by atoms with Crippen molar-refractivity contribution in [2.24, 2.45) is 0 Å². The standard InChI is InChI=1S/C23H20Cl2FN3O4/c1-12-4-5-13(21(30)27-11-15-3-2-8-33-15)9-18(12)28-20-19(25)22(31)29(23(20)32)14-6-7-17(26)16(24)10-14/h4-7,9-10,15,28H,2-3,8,11H2,1H3,(H,27,30). The van der Waals surface area contributed by atoms with Crippen molar-refractivity contribution in [2.75, 3.05) is 23.4 Å². The van der Waals surface area contributed by atoms with E-state index in [0.717, 1.165) is 29.4 Å². The largest absolute Gasteiger partial charge is 0.376 e. The van der Waals surface area contributed by atoms with Gasteiger partial charge in [0.1, 0.15) is 16.5 Å². The number of benzene rings is 2. The van der Waals surface area contributed by atoms with E-state index in [1.54, 1.807) is 25.1 Å². The first-order chi connectivity index (χ1) is 15.8. The molecule has 10 heteroatoms. The third-order valence-electron chi connectivity index (χ3n) is 5.46. The molecule has 2 aromatic rings. The molecule has 7 nitrogen and oxygen atoms in total. The van der Waals surface area contributed by atoms with E-state index in [0.29, 0.717) is 24.4 Å². The van der Waals surface area contributed by atoms with Crippen molar-refractivity contribution >= 4 is 52.3 Å². The Kier molecular flexibility index (Phi) is 6.69. The molecule has 0 aromatic heterocycles. The molecular formula is C23H20Cl2FN3O4. The van der Waals surface area contributed by atoms with E-state index >= 15 is 0 Å². The van der Waals surface area contributed by atoms with Crippen LogP contribution in [-0.2, 0) is 14.3 Å². The molecule has 33 heavy (non-hydrogen) atoms. The first kappa shape index (κ1) is 23.2. The second kappa shape index (κ2) is 9.51. The van der Waals surface area contributed by atoms with Crippen molar-refractivity contribution in [1.82, 2.24) is 5.32 Å². The summed E-state index contributed by atoms with van der Waals surface area (Å²) in [5, 5.41) is 5.16. The van der Waals surface area contributed by atoms with Gasteiger partial charge in [-0.1, -0.05) is 29.3 Å². The summed E-state index contributed by atoms with van der Waals surface area (Å²) in [6.45, 7) is 2.89. The Labute approximate surface area is 199 Å². The van der Waals surface area contributed by atoms with Crippen LogP contribution >= 0.6 is 23.2 Å². The third-order valence-corrected chi connectivity index (χ3v) is 6.10. The van der Waals surface area contributed by atoms with Crippen molar-refractivity contribution < 1.29 is 23.5 Å². The van der Waals surface area contributed by atoms with Crippen LogP contribution in [0.4, 0.5) is 15.8 Å². The van der Waals surface area contributed by atoms with Gasteiger partial charge < -0.3 is 15.4 Å². The van der Waals surface area contributed by atoms with Crippen LogP contribution in [0.25, 0.3) is 0 Å². The van der Waals surface area contributed by atoms with Gasteiger partial charge in [-0.15, -0.1) is 0 Å². The molecule has 2 heterocycles. The highest BCUT2D eigenvalue weighted by molar-refractivity contribution is 6.53. The van der Waals surface area contributed by atoms with Crippen molar-refractivity contribution in [3.05, 3.63) is 69.1 Å². The zero-order chi connectivity index (χ0) is 23.7. The molecule has 2 aromatic carbocycles. The lowest BCUT2D eigenvalue weighted by Crippen LogP contribution is -2.32. The molecule has 0 radical (unpaired) electrons. The summed E-state index contributed by atoms with van der Waals surface area (Å²) in [6, 6.07) is 8.44. The van der Waals surface area contributed by atoms with Crippen LogP contribution in [0, 0.1) is 12.7 Å². The lowest BCUT2D eigenvalue weighted by Gasteiger charge is -2.16. The zero-order valence-electron chi connectivity index (χ0n) is 17.6. The van der Waals surface area contributed by atoms with E-state index in [1.165, 1.54) is 12.1 Å². The highest BCUT2D eigenvalue weighted by Gasteiger charge is 2.39. The topological polar surface area (TPSA) is 87.7 Å². The Morgan fingerprint density at radius 3 is 2.67 bits per heavy atom. The van der Waals surface area contributed by atoms with E-state index < -0.39 is 17.6 Å². The third kappa shape index (κ3) is 4.73. The minimum atomic E-state index is -0.769. The van der Waals surface area contributed by atoms with Crippen LogP contribution in [0.5, 0.6) is 0 Å². The maximum Gasteiger partial charge on any atom is 0.283 e. The van der Waals surface area contributed by atoms with Crippen LogP contribution < -0.4 is 15.5 Å². The van der Waals surface area contributed by atoms with Crippen LogP contribution in [0.1, 0.15) is 28.8 Å². The Balaban J connectivity index is 1.53.